The lowest BCUT2D eigenvalue weighted by Crippen LogP contribution is -2.25. The third kappa shape index (κ3) is 5.06. The first-order valence-electron chi connectivity index (χ1n) is 5.36. The molecule has 2 heteroatoms. The second-order valence-electron chi connectivity index (χ2n) is 4.04. The van der Waals surface area contributed by atoms with Crippen molar-refractivity contribution >= 4 is 0 Å². The van der Waals surface area contributed by atoms with E-state index in [-0.39, 0.29) is 0 Å². The Morgan fingerprint density at radius 2 is 2.08 bits per heavy atom. The summed E-state index contributed by atoms with van der Waals surface area (Å²) in [4.78, 5) is 2.56. The highest BCUT2D eigenvalue weighted by molar-refractivity contribution is 4.90. The predicted molar refractivity (Wildman–Crippen MR) is 58.0 cm³/mol. The summed E-state index contributed by atoms with van der Waals surface area (Å²) in [6, 6.07) is 0. The van der Waals surface area contributed by atoms with Crippen LogP contribution < -0.4 is 5.32 Å². The Hall–Kier alpha value is -0.340. The minimum absolute atomic E-state index is 0.972. The topological polar surface area (TPSA) is 15.3 Å². The van der Waals surface area contributed by atoms with Crippen molar-refractivity contribution in [3.05, 3.63) is 12.2 Å². The third-order valence-electron chi connectivity index (χ3n) is 2.45. The minimum Gasteiger partial charge on any atom is -0.313 e. The number of nitrogens with zero attached hydrogens (tertiary/aromatic N) is 1. The van der Waals surface area contributed by atoms with Gasteiger partial charge in [-0.05, 0) is 52.4 Å². The molecule has 0 spiro atoms. The lowest BCUT2D eigenvalue weighted by molar-refractivity contribution is 0.332. The molecule has 13 heavy (non-hydrogen) atoms. The fourth-order valence-corrected chi connectivity index (χ4v) is 1.74. The quantitative estimate of drug-likeness (QED) is 0.496. The van der Waals surface area contributed by atoms with Crippen LogP contribution in [-0.2, 0) is 0 Å². The van der Waals surface area contributed by atoms with Gasteiger partial charge in [-0.3, -0.25) is 0 Å². The molecule has 0 atom stereocenters. The Kier molecular flexibility index (Phi) is 5.09. The normalized spacial score (nSPS) is 17.9. The Morgan fingerprint density at radius 3 is 2.69 bits per heavy atom. The number of hydrogen-bond donors (Lipinski definition) is 1. The average Bonchev–Trinajstić information content (AvgIpc) is 2.55. The fourth-order valence-electron chi connectivity index (χ4n) is 1.74. The van der Waals surface area contributed by atoms with Gasteiger partial charge in [-0.2, -0.15) is 0 Å². The van der Waals surface area contributed by atoms with Crippen LogP contribution in [-0.4, -0.2) is 37.6 Å². The molecule has 1 heterocycles. The Labute approximate surface area is 82.0 Å². The van der Waals surface area contributed by atoms with Crippen LogP contribution in [0, 0.1) is 0 Å². The van der Waals surface area contributed by atoms with Gasteiger partial charge in [0.25, 0.3) is 0 Å². The summed E-state index contributed by atoms with van der Waals surface area (Å²) in [7, 11) is 0. The van der Waals surface area contributed by atoms with Crippen molar-refractivity contribution in [3.8, 4) is 0 Å². The van der Waals surface area contributed by atoms with Gasteiger partial charge in [-0.1, -0.05) is 12.2 Å². The van der Waals surface area contributed by atoms with E-state index >= 15 is 0 Å². The van der Waals surface area contributed by atoms with Crippen molar-refractivity contribution in [1.82, 2.24) is 10.2 Å². The molecular formula is C11H22N2. The van der Waals surface area contributed by atoms with Gasteiger partial charge in [0.15, 0.2) is 0 Å². The Bertz CT molecular complexity index is 148. The fraction of sp³-hybridized carbons (Fsp3) is 0.818. The van der Waals surface area contributed by atoms with E-state index in [9.17, 15) is 0 Å². The summed E-state index contributed by atoms with van der Waals surface area (Å²) in [5, 5.41) is 3.38. The highest BCUT2D eigenvalue weighted by Gasteiger charge is 2.09. The minimum atomic E-state index is 0.972. The van der Waals surface area contributed by atoms with Gasteiger partial charge in [0.1, 0.15) is 0 Å². The van der Waals surface area contributed by atoms with E-state index in [1.807, 2.05) is 0 Å². The van der Waals surface area contributed by atoms with Crippen LogP contribution in [0.1, 0.15) is 26.2 Å². The van der Waals surface area contributed by atoms with E-state index in [0.717, 1.165) is 13.1 Å². The zero-order valence-corrected chi connectivity index (χ0v) is 8.81. The number of rotatable bonds is 6. The van der Waals surface area contributed by atoms with E-state index in [4.69, 9.17) is 0 Å². The van der Waals surface area contributed by atoms with Crippen molar-refractivity contribution in [3.63, 3.8) is 0 Å². The van der Waals surface area contributed by atoms with Crippen molar-refractivity contribution in [2.24, 2.45) is 0 Å². The Morgan fingerprint density at radius 1 is 1.38 bits per heavy atom. The monoisotopic (exact) mass is 182 g/mol. The molecule has 0 aromatic rings. The molecule has 0 bridgehead atoms. The molecular weight excluding hydrogens is 160 g/mol. The molecule has 1 aliphatic rings. The van der Waals surface area contributed by atoms with Gasteiger partial charge in [0.05, 0.1) is 0 Å². The van der Waals surface area contributed by atoms with Crippen molar-refractivity contribution < 1.29 is 0 Å². The highest BCUT2D eigenvalue weighted by atomic mass is 15.1. The molecule has 0 saturated carbocycles. The molecule has 1 N–H and O–H groups in total. The molecule has 0 radical (unpaired) electrons. The van der Waals surface area contributed by atoms with Gasteiger partial charge < -0.3 is 10.2 Å². The lowest BCUT2D eigenvalue weighted by atomic mass is 10.3. The second-order valence-corrected chi connectivity index (χ2v) is 4.04. The van der Waals surface area contributed by atoms with E-state index in [0.29, 0.717) is 0 Å². The van der Waals surface area contributed by atoms with Crippen LogP contribution in [0.5, 0.6) is 0 Å². The first-order chi connectivity index (χ1) is 6.29. The molecule has 0 aliphatic carbocycles. The molecule has 0 aromatic carbocycles. The molecule has 1 fully saturated rings. The Balaban J connectivity index is 1.86. The van der Waals surface area contributed by atoms with Crippen LogP contribution in [0.4, 0.5) is 0 Å². The van der Waals surface area contributed by atoms with Crippen LogP contribution in [0.25, 0.3) is 0 Å². The summed E-state index contributed by atoms with van der Waals surface area (Å²) in [6.07, 6.45) is 4.08. The smallest absolute Gasteiger partial charge is 0.0159 e. The highest BCUT2D eigenvalue weighted by Crippen LogP contribution is 2.06. The summed E-state index contributed by atoms with van der Waals surface area (Å²) in [5.74, 6) is 0. The van der Waals surface area contributed by atoms with E-state index < -0.39 is 0 Å². The number of hydrogen-bond acceptors (Lipinski definition) is 2. The van der Waals surface area contributed by atoms with Gasteiger partial charge >= 0.3 is 0 Å². The summed E-state index contributed by atoms with van der Waals surface area (Å²) >= 11 is 0. The second kappa shape index (κ2) is 6.17. The summed E-state index contributed by atoms with van der Waals surface area (Å²) in [5.41, 5.74) is 1.22. The van der Waals surface area contributed by atoms with Crippen LogP contribution in [0.15, 0.2) is 12.2 Å². The van der Waals surface area contributed by atoms with Crippen LogP contribution in [0.2, 0.25) is 0 Å². The largest absolute Gasteiger partial charge is 0.313 e. The SMILES string of the molecule is C=C(C)CNCCCN1CCCC1. The first-order valence-corrected chi connectivity index (χ1v) is 5.36. The molecule has 0 aromatic heterocycles. The maximum atomic E-state index is 3.86. The zero-order valence-electron chi connectivity index (χ0n) is 8.81. The molecule has 76 valence electrons. The van der Waals surface area contributed by atoms with E-state index in [2.05, 4.69) is 23.7 Å². The first kappa shape index (κ1) is 10.7. The third-order valence-corrected chi connectivity index (χ3v) is 2.45. The molecule has 2 nitrogen and oxygen atoms in total. The van der Waals surface area contributed by atoms with Gasteiger partial charge in [0, 0.05) is 6.54 Å². The molecule has 1 saturated heterocycles. The van der Waals surface area contributed by atoms with Crippen LogP contribution in [0.3, 0.4) is 0 Å². The molecule has 0 unspecified atom stereocenters. The van der Waals surface area contributed by atoms with Gasteiger partial charge in [0.2, 0.25) is 0 Å². The summed E-state index contributed by atoms with van der Waals surface area (Å²) in [6.45, 7) is 11.9. The maximum absolute atomic E-state index is 3.86. The summed E-state index contributed by atoms with van der Waals surface area (Å²) < 4.78 is 0. The average molecular weight is 182 g/mol. The van der Waals surface area contributed by atoms with Gasteiger partial charge in [-0.15, -0.1) is 0 Å². The zero-order chi connectivity index (χ0) is 9.52. The van der Waals surface area contributed by atoms with E-state index in [1.54, 1.807) is 0 Å². The van der Waals surface area contributed by atoms with E-state index in [1.165, 1.54) is 44.5 Å². The standard InChI is InChI=1S/C11H22N2/c1-11(2)10-12-6-5-9-13-7-3-4-8-13/h12H,1,3-10H2,2H3. The molecule has 1 rings (SSSR count). The lowest BCUT2D eigenvalue weighted by Gasteiger charge is -2.14. The molecule has 1 aliphatic heterocycles. The van der Waals surface area contributed by atoms with Crippen molar-refractivity contribution in [2.45, 2.75) is 26.2 Å². The number of nitrogens with one attached hydrogen (secondary N) is 1. The van der Waals surface area contributed by atoms with Crippen molar-refractivity contribution in [1.29, 1.82) is 0 Å². The molecule has 0 amide bonds. The van der Waals surface area contributed by atoms with Gasteiger partial charge in [-0.25, -0.2) is 0 Å². The van der Waals surface area contributed by atoms with Crippen LogP contribution >= 0.6 is 0 Å². The van der Waals surface area contributed by atoms with Crippen molar-refractivity contribution in [2.75, 3.05) is 32.7 Å². The maximum Gasteiger partial charge on any atom is 0.0159 e. The predicted octanol–water partition coefficient (Wildman–Crippen LogP) is 1.64. The number of likely N-dealkylation sites (tertiary alicyclic amines) is 1.